The summed E-state index contributed by atoms with van der Waals surface area (Å²) in [5, 5.41) is 0. The molecule has 0 saturated carbocycles. The Morgan fingerprint density at radius 1 is 0.926 bits per heavy atom. The van der Waals surface area contributed by atoms with Gasteiger partial charge >= 0.3 is 0 Å². The molecule has 0 aliphatic carbocycles. The number of aromatic nitrogens is 4. The van der Waals surface area contributed by atoms with E-state index in [1.54, 1.807) is 31.2 Å². The Morgan fingerprint density at radius 2 is 1.59 bits per heavy atom. The molecular formula is C19H15N5O3. The predicted molar refractivity (Wildman–Crippen MR) is 95.0 cm³/mol. The lowest BCUT2D eigenvalue weighted by Crippen LogP contribution is -2.33. The van der Waals surface area contributed by atoms with E-state index in [1.807, 2.05) is 0 Å². The van der Waals surface area contributed by atoms with Crippen molar-refractivity contribution in [3.8, 4) is 17.3 Å². The molecule has 134 valence electrons. The monoisotopic (exact) mass is 361 g/mol. The highest BCUT2D eigenvalue weighted by atomic mass is 16.5. The lowest BCUT2D eigenvalue weighted by atomic mass is 10.1. The molecule has 0 bridgehead atoms. The van der Waals surface area contributed by atoms with E-state index in [2.05, 4.69) is 19.9 Å². The van der Waals surface area contributed by atoms with Crippen molar-refractivity contribution in [2.45, 2.75) is 13.0 Å². The van der Waals surface area contributed by atoms with Crippen LogP contribution in [0.1, 0.15) is 39.4 Å². The minimum Gasteiger partial charge on any atom is -0.480 e. The topological polar surface area (TPSA) is 98.2 Å². The first-order chi connectivity index (χ1) is 13.1. The Kier molecular flexibility index (Phi) is 4.08. The lowest BCUT2D eigenvalue weighted by Gasteiger charge is -2.23. The Balaban J connectivity index is 1.74. The molecule has 1 unspecified atom stereocenters. The van der Waals surface area contributed by atoms with Gasteiger partial charge in [-0.15, -0.1) is 0 Å². The molecule has 1 aliphatic heterocycles. The number of ether oxygens (including phenoxy) is 1. The van der Waals surface area contributed by atoms with Gasteiger partial charge in [0.05, 0.1) is 42.4 Å². The fourth-order valence-electron chi connectivity index (χ4n) is 3.08. The number of rotatable bonds is 4. The second kappa shape index (κ2) is 6.56. The van der Waals surface area contributed by atoms with E-state index >= 15 is 0 Å². The van der Waals surface area contributed by atoms with Crippen molar-refractivity contribution in [3.63, 3.8) is 0 Å². The number of fused-ring (bicyclic) bond motifs is 1. The minimum absolute atomic E-state index is 0.347. The molecule has 0 saturated heterocycles. The van der Waals surface area contributed by atoms with Gasteiger partial charge in [-0.1, -0.05) is 12.1 Å². The van der Waals surface area contributed by atoms with E-state index in [-0.39, 0.29) is 11.8 Å². The van der Waals surface area contributed by atoms with Crippen LogP contribution in [0.5, 0.6) is 5.88 Å². The quantitative estimate of drug-likeness (QED) is 0.658. The van der Waals surface area contributed by atoms with Gasteiger partial charge in [-0.05, 0) is 19.1 Å². The molecule has 1 aromatic carbocycles. The van der Waals surface area contributed by atoms with Crippen molar-refractivity contribution in [2.75, 3.05) is 7.11 Å². The highest BCUT2D eigenvalue weighted by Crippen LogP contribution is 2.33. The molecule has 0 fully saturated rings. The van der Waals surface area contributed by atoms with Gasteiger partial charge in [0.15, 0.2) is 0 Å². The van der Waals surface area contributed by atoms with Gasteiger partial charge in [-0.25, -0.2) is 9.97 Å². The Bertz CT molecular complexity index is 1000. The fraction of sp³-hybridized carbons (Fsp3) is 0.158. The van der Waals surface area contributed by atoms with Gasteiger partial charge in [-0.3, -0.25) is 24.5 Å². The molecule has 3 heterocycles. The summed E-state index contributed by atoms with van der Waals surface area (Å²) in [5.41, 5.74) is 2.18. The van der Waals surface area contributed by atoms with Crippen molar-refractivity contribution < 1.29 is 14.3 Å². The zero-order valence-electron chi connectivity index (χ0n) is 14.7. The summed E-state index contributed by atoms with van der Waals surface area (Å²) in [6, 6.07) is 6.14. The maximum absolute atomic E-state index is 12.8. The molecule has 0 N–H and O–H groups in total. The van der Waals surface area contributed by atoms with Gasteiger partial charge in [0, 0.05) is 12.4 Å². The Labute approximate surface area is 154 Å². The third-order valence-corrected chi connectivity index (χ3v) is 4.41. The average Bonchev–Trinajstić information content (AvgIpc) is 2.98. The van der Waals surface area contributed by atoms with E-state index in [0.717, 1.165) is 0 Å². The van der Waals surface area contributed by atoms with E-state index in [1.165, 1.54) is 36.8 Å². The largest absolute Gasteiger partial charge is 0.480 e. The van der Waals surface area contributed by atoms with Crippen molar-refractivity contribution >= 4 is 11.8 Å². The average molecular weight is 361 g/mol. The van der Waals surface area contributed by atoms with Crippen LogP contribution < -0.4 is 4.74 Å². The van der Waals surface area contributed by atoms with Crippen molar-refractivity contribution in [1.82, 2.24) is 24.8 Å². The number of imide groups is 1. The molecule has 1 atom stereocenters. The Morgan fingerprint density at radius 3 is 2.19 bits per heavy atom. The second-order valence-electron chi connectivity index (χ2n) is 5.94. The number of methoxy groups -OCH3 is 1. The summed E-state index contributed by atoms with van der Waals surface area (Å²) >= 11 is 0. The molecule has 2 amide bonds. The molecule has 0 spiro atoms. The summed E-state index contributed by atoms with van der Waals surface area (Å²) in [4.78, 5) is 43.9. The molecular weight excluding hydrogens is 346 g/mol. The van der Waals surface area contributed by atoms with E-state index < -0.39 is 6.04 Å². The van der Waals surface area contributed by atoms with Gasteiger partial charge in [0.1, 0.15) is 11.4 Å². The van der Waals surface area contributed by atoms with Crippen LogP contribution in [-0.4, -0.2) is 43.8 Å². The predicted octanol–water partition coefficient (Wildman–Crippen LogP) is 2.30. The summed E-state index contributed by atoms with van der Waals surface area (Å²) < 4.78 is 5.02. The molecule has 1 aliphatic rings. The Hall–Kier alpha value is -3.68. The van der Waals surface area contributed by atoms with E-state index in [0.29, 0.717) is 34.1 Å². The summed E-state index contributed by atoms with van der Waals surface area (Å²) in [6.07, 6.45) is 6.03. The standard InChI is InChI=1S/C19H15N5O3/c1-11(24-18(25)12-5-3-4-6-13(12)19(24)26)16-17(21-8-7-20-16)14-9-23-15(27-2)10-22-14/h3-11H,1-2H3. The SMILES string of the molecule is COc1cnc(-c2nccnc2C(C)N2C(=O)c3ccccc3C2=O)cn1. The second-order valence-corrected chi connectivity index (χ2v) is 5.94. The number of benzene rings is 1. The van der Waals surface area contributed by atoms with E-state index in [9.17, 15) is 9.59 Å². The third kappa shape index (κ3) is 2.71. The first-order valence-electron chi connectivity index (χ1n) is 8.26. The first-order valence-corrected chi connectivity index (χ1v) is 8.26. The zero-order valence-corrected chi connectivity index (χ0v) is 14.7. The molecule has 4 rings (SSSR count). The molecule has 3 aromatic rings. The van der Waals surface area contributed by atoms with Crippen LogP contribution in [0.3, 0.4) is 0 Å². The molecule has 0 radical (unpaired) electrons. The fourth-order valence-corrected chi connectivity index (χ4v) is 3.08. The number of amides is 2. The maximum atomic E-state index is 12.8. The van der Waals surface area contributed by atoms with Gasteiger partial charge in [0.25, 0.3) is 11.8 Å². The van der Waals surface area contributed by atoms with Crippen LogP contribution in [0.15, 0.2) is 49.1 Å². The van der Waals surface area contributed by atoms with Gasteiger partial charge < -0.3 is 4.74 Å². The third-order valence-electron chi connectivity index (χ3n) is 4.41. The van der Waals surface area contributed by atoms with Crippen LogP contribution >= 0.6 is 0 Å². The first kappa shape index (κ1) is 16.8. The van der Waals surface area contributed by atoms with Crippen LogP contribution in [0.25, 0.3) is 11.4 Å². The van der Waals surface area contributed by atoms with Gasteiger partial charge in [0.2, 0.25) is 5.88 Å². The van der Waals surface area contributed by atoms with Crippen LogP contribution in [0.2, 0.25) is 0 Å². The number of carbonyl (C=O) groups is 2. The number of hydrogen-bond acceptors (Lipinski definition) is 7. The zero-order chi connectivity index (χ0) is 19.0. The number of nitrogens with zero attached hydrogens (tertiary/aromatic N) is 5. The summed E-state index contributed by atoms with van der Waals surface area (Å²) in [7, 11) is 1.50. The molecule has 8 nitrogen and oxygen atoms in total. The number of carbonyl (C=O) groups excluding carboxylic acids is 2. The smallest absolute Gasteiger partial charge is 0.262 e. The van der Waals surface area contributed by atoms with E-state index in [4.69, 9.17) is 4.74 Å². The van der Waals surface area contributed by atoms with Crippen LogP contribution in [-0.2, 0) is 0 Å². The van der Waals surface area contributed by atoms with Crippen LogP contribution in [0, 0.1) is 0 Å². The molecule has 2 aromatic heterocycles. The van der Waals surface area contributed by atoms with Crippen LogP contribution in [0.4, 0.5) is 0 Å². The van der Waals surface area contributed by atoms with Crippen molar-refractivity contribution in [2.24, 2.45) is 0 Å². The molecule has 27 heavy (non-hydrogen) atoms. The number of hydrogen-bond donors (Lipinski definition) is 0. The van der Waals surface area contributed by atoms with Gasteiger partial charge in [-0.2, -0.15) is 0 Å². The molecule has 8 heteroatoms. The minimum atomic E-state index is -0.620. The van der Waals surface area contributed by atoms with Crippen molar-refractivity contribution in [1.29, 1.82) is 0 Å². The highest BCUT2D eigenvalue weighted by Gasteiger charge is 2.40. The maximum Gasteiger partial charge on any atom is 0.262 e. The summed E-state index contributed by atoms with van der Waals surface area (Å²) in [5.74, 6) is -0.321. The lowest BCUT2D eigenvalue weighted by molar-refractivity contribution is 0.0592. The highest BCUT2D eigenvalue weighted by molar-refractivity contribution is 6.21. The normalized spacial score (nSPS) is 14.2. The van der Waals surface area contributed by atoms with Crippen molar-refractivity contribution in [3.05, 3.63) is 65.9 Å². The summed E-state index contributed by atoms with van der Waals surface area (Å²) in [6.45, 7) is 1.74.